The Morgan fingerprint density at radius 3 is 2.35 bits per heavy atom. The van der Waals surface area contributed by atoms with Crippen LogP contribution in [0.3, 0.4) is 0 Å². The second-order valence-corrected chi connectivity index (χ2v) is 4.31. The van der Waals surface area contributed by atoms with E-state index in [1.54, 1.807) is 12.3 Å². The van der Waals surface area contributed by atoms with Crippen molar-refractivity contribution in [1.82, 2.24) is 4.98 Å². The Morgan fingerprint density at radius 1 is 1.18 bits per heavy atom. The summed E-state index contributed by atoms with van der Waals surface area (Å²) in [6, 6.07) is 7.70. The van der Waals surface area contributed by atoms with Crippen molar-refractivity contribution < 1.29 is 4.79 Å². The molecule has 2 aromatic rings. The zero-order valence-electron chi connectivity index (χ0n) is 10.3. The molecule has 0 unspecified atom stereocenters. The Balaban J connectivity index is 2.28. The summed E-state index contributed by atoms with van der Waals surface area (Å²) in [5.74, 6) is -0.106. The Morgan fingerprint density at radius 2 is 1.82 bits per heavy atom. The van der Waals surface area contributed by atoms with Gasteiger partial charge in [0.2, 0.25) is 0 Å². The largest absolute Gasteiger partial charge is 0.357 e. The van der Waals surface area contributed by atoms with Gasteiger partial charge in [-0.25, -0.2) is 0 Å². The standard InChI is InChI=1S/C14H16N2O/c1-9-7-10(2)13(11(3)8-9)16-14(17)12-5-4-6-15-12/h4-8,15H,1-3H3,(H,16,17). The molecule has 2 rings (SSSR count). The van der Waals surface area contributed by atoms with E-state index in [1.807, 2.05) is 19.9 Å². The summed E-state index contributed by atoms with van der Waals surface area (Å²) < 4.78 is 0. The summed E-state index contributed by atoms with van der Waals surface area (Å²) in [7, 11) is 0. The van der Waals surface area contributed by atoms with Gasteiger partial charge in [-0.05, 0) is 44.0 Å². The van der Waals surface area contributed by atoms with E-state index in [-0.39, 0.29) is 5.91 Å². The molecule has 0 atom stereocenters. The Hall–Kier alpha value is -2.03. The summed E-state index contributed by atoms with van der Waals surface area (Å²) in [5, 5.41) is 2.94. The number of H-pyrrole nitrogens is 1. The van der Waals surface area contributed by atoms with Gasteiger partial charge in [-0.1, -0.05) is 17.7 Å². The maximum atomic E-state index is 11.9. The van der Waals surface area contributed by atoms with Gasteiger partial charge in [-0.2, -0.15) is 0 Å². The number of hydrogen-bond acceptors (Lipinski definition) is 1. The van der Waals surface area contributed by atoms with Crippen molar-refractivity contribution in [3.05, 3.63) is 52.8 Å². The summed E-state index contributed by atoms with van der Waals surface area (Å²) in [6.45, 7) is 6.06. The second-order valence-electron chi connectivity index (χ2n) is 4.31. The molecular formula is C14H16N2O. The molecule has 17 heavy (non-hydrogen) atoms. The highest BCUT2D eigenvalue weighted by molar-refractivity contribution is 6.03. The first-order valence-electron chi connectivity index (χ1n) is 5.60. The molecule has 1 aromatic heterocycles. The van der Waals surface area contributed by atoms with Gasteiger partial charge < -0.3 is 10.3 Å². The number of nitrogens with one attached hydrogen (secondary N) is 2. The Kier molecular flexibility index (Phi) is 3.00. The molecule has 0 spiro atoms. The predicted octanol–water partition coefficient (Wildman–Crippen LogP) is 3.19. The van der Waals surface area contributed by atoms with E-state index in [0.717, 1.165) is 16.8 Å². The first kappa shape index (κ1) is 11.5. The van der Waals surface area contributed by atoms with Crippen molar-refractivity contribution >= 4 is 11.6 Å². The fraction of sp³-hybridized carbons (Fsp3) is 0.214. The topological polar surface area (TPSA) is 44.9 Å². The Bertz CT molecular complexity index is 518. The minimum Gasteiger partial charge on any atom is -0.357 e. The molecule has 2 N–H and O–H groups in total. The lowest BCUT2D eigenvalue weighted by Gasteiger charge is -2.12. The highest BCUT2D eigenvalue weighted by Gasteiger charge is 2.10. The highest BCUT2D eigenvalue weighted by atomic mass is 16.1. The van der Waals surface area contributed by atoms with E-state index in [1.165, 1.54) is 5.56 Å². The second kappa shape index (κ2) is 4.45. The number of rotatable bonds is 2. The van der Waals surface area contributed by atoms with Crippen LogP contribution in [0.5, 0.6) is 0 Å². The molecule has 1 amide bonds. The quantitative estimate of drug-likeness (QED) is 0.814. The molecule has 0 aliphatic carbocycles. The molecule has 0 bridgehead atoms. The van der Waals surface area contributed by atoms with Crippen LogP contribution < -0.4 is 5.32 Å². The number of carbonyl (C=O) groups is 1. The van der Waals surface area contributed by atoms with E-state index in [2.05, 4.69) is 29.4 Å². The lowest BCUT2D eigenvalue weighted by atomic mass is 10.1. The molecular weight excluding hydrogens is 212 g/mol. The molecule has 1 heterocycles. The summed E-state index contributed by atoms with van der Waals surface area (Å²) >= 11 is 0. The summed E-state index contributed by atoms with van der Waals surface area (Å²) in [5.41, 5.74) is 4.85. The van der Waals surface area contributed by atoms with Crippen molar-refractivity contribution in [3.63, 3.8) is 0 Å². The van der Waals surface area contributed by atoms with Crippen molar-refractivity contribution in [1.29, 1.82) is 0 Å². The van der Waals surface area contributed by atoms with Crippen LogP contribution in [-0.4, -0.2) is 10.9 Å². The number of benzene rings is 1. The molecule has 0 aliphatic rings. The van der Waals surface area contributed by atoms with E-state index >= 15 is 0 Å². The predicted molar refractivity (Wildman–Crippen MR) is 69.4 cm³/mol. The number of aromatic amines is 1. The molecule has 3 heteroatoms. The molecule has 88 valence electrons. The van der Waals surface area contributed by atoms with Gasteiger partial charge in [0.15, 0.2) is 0 Å². The van der Waals surface area contributed by atoms with Gasteiger partial charge >= 0.3 is 0 Å². The van der Waals surface area contributed by atoms with Crippen LogP contribution in [0.1, 0.15) is 27.2 Å². The third kappa shape index (κ3) is 2.38. The maximum Gasteiger partial charge on any atom is 0.272 e. The van der Waals surface area contributed by atoms with Crippen LogP contribution in [0.15, 0.2) is 30.5 Å². The molecule has 0 radical (unpaired) electrons. The van der Waals surface area contributed by atoms with Crippen LogP contribution in [0, 0.1) is 20.8 Å². The van der Waals surface area contributed by atoms with Crippen LogP contribution in [0.2, 0.25) is 0 Å². The smallest absolute Gasteiger partial charge is 0.272 e. The molecule has 0 fully saturated rings. The first-order valence-corrected chi connectivity index (χ1v) is 5.60. The number of carbonyl (C=O) groups excluding carboxylic acids is 1. The minimum absolute atomic E-state index is 0.106. The zero-order chi connectivity index (χ0) is 12.4. The van der Waals surface area contributed by atoms with Crippen molar-refractivity contribution in [2.75, 3.05) is 5.32 Å². The fourth-order valence-corrected chi connectivity index (χ4v) is 2.03. The zero-order valence-corrected chi connectivity index (χ0v) is 10.3. The van der Waals surface area contributed by atoms with Crippen molar-refractivity contribution in [2.24, 2.45) is 0 Å². The van der Waals surface area contributed by atoms with Gasteiger partial charge in [-0.3, -0.25) is 4.79 Å². The average molecular weight is 228 g/mol. The van der Waals surface area contributed by atoms with E-state index in [4.69, 9.17) is 0 Å². The summed E-state index contributed by atoms with van der Waals surface area (Å²) in [4.78, 5) is 14.8. The molecule has 0 saturated heterocycles. The maximum absolute atomic E-state index is 11.9. The van der Waals surface area contributed by atoms with Crippen molar-refractivity contribution in [2.45, 2.75) is 20.8 Å². The van der Waals surface area contributed by atoms with Gasteiger partial charge in [0.05, 0.1) is 0 Å². The lowest BCUT2D eigenvalue weighted by Crippen LogP contribution is -2.14. The van der Waals surface area contributed by atoms with E-state index in [0.29, 0.717) is 5.69 Å². The number of hydrogen-bond donors (Lipinski definition) is 2. The third-order valence-corrected chi connectivity index (χ3v) is 2.76. The minimum atomic E-state index is -0.106. The van der Waals surface area contributed by atoms with Crippen LogP contribution in [0.25, 0.3) is 0 Å². The third-order valence-electron chi connectivity index (χ3n) is 2.76. The van der Waals surface area contributed by atoms with Crippen molar-refractivity contribution in [3.8, 4) is 0 Å². The monoisotopic (exact) mass is 228 g/mol. The van der Waals surface area contributed by atoms with Gasteiger partial charge in [0.25, 0.3) is 5.91 Å². The number of aromatic nitrogens is 1. The SMILES string of the molecule is Cc1cc(C)c(NC(=O)c2ccc[nH]2)c(C)c1. The molecule has 0 saturated carbocycles. The van der Waals surface area contributed by atoms with Crippen LogP contribution in [-0.2, 0) is 0 Å². The number of amides is 1. The fourth-order valence-electron chi connectivity index (χ4n) is 2.03. The number of aryl methyl sites for hydroxylation is 3. The average Bonchev–Trinajstić information content (AvgIpc) is 2.76. The normalized spacial score (nSPS) is 10.3. The first-order chi connectivity index (χ1) is 8.08. The highest BCUT2D eigenvalue weighted by Crippen LogP contribution is 2.22. The van der Waals surface area contributed by atoms with E-state index < -0.39 is 0 Å². The van der Waals surface area contributed by atoms with Gasteiger partial charge in [0.1, 0.15) is 5.69 Å². The number of anilines is 1. The summed E-state index contributed by atoms with van der Waals surface area (Å²) in [6.07, 6.45) is 1.74. The molecule has 3 nitrogen and oxygen atoms in total. The van der Waals surface area contributed by atoms with E-state index in [9.17, 15) is 4.79 Å². The van der Waals surface area contributed by atoms with Gasteiger partial charge in [-0.15, -0.1) is 0 Å². The lowest BCUT2D eigenvalue weighted by molar-refractivity contribution is 0.102. The van der Waals surface area contributed by atoms with Gasteiger partial charge in [0, 0.05) is 11.9 Å². The molecule has 0 aliphatic heterocycles. The Labute approximate surface area is 101 Å². The molecule has 1 aromatic carbocycles. The van der Waals surface area contributed by atoms with Crippen LogP contribution >= 0.6 is 0 Å². The van der Waals surface area contributed by atoms with Crippen LogP contribution in [0.4, 0.5) is 5.69 Å².